The maximum atomic E-state index is 12.2. The summed E-state index contributed by atoms with van der Waals surface area (Å²) in [6, 6.07) is 9.24. The van der Waals surface area contributed by atoms with Gasteiger partial charge in [0.05, 0.1) is 16.7 Å². The first-order chi connectivity index (χ1) is 11.8. The number of ether oxygens (including phenoxy) is 1. The molecule has 0 unspecified atom stereocenters. The predicted octanol–water partition coefficient (Wildman–Crippen LogP) is 2.63. The molecule has 1 aliphatic rings. The molecule has 0 fully saturated rings. The normalized spacial score (nSPS) is 13.6. The van der Waals surface area contributed by atoms with E-state index in [0.29, 0.717) is 10.9 Å². The van der Waals surface area contributed by atoms with E-state index >= 15 is 0 Å². The van der Waals surface area contributed by atoms with E-state index in [1.54, 1.807) is 12.1 Å². The summed E-state index contributed by atoms with van der Waals surface area (Å²) in [7, 11) is 0. The molecule has 0 atom stereocenters. The van der Waals surface area contributed by atoms with Gasteiger partial charge in [-0.05, 0) is 39.0 Å². The second kappa shape index (κ2) is 6.01. The van der Waals surface area contributed by atoms with Crippen LogP contribution in [0.4, 0.5) is 0 Å². The molecule has 7 nitrogen and oxygen atoms in total. The molecule has 2 heterocycles. The minimum absolute atomic E-state index is 0.0952. The second-order valence-corrected chi connectivity index (χ2v) is 6.43. The largest absolute Gasteiger partial charge is 0.472 e. The number of hydrogen-bond donors (Lipinski definition) is 0. The van der Waals surface area contributed by atoms with Gasteiger partial charge in [0, 0.05) is 12.3 Å². The monoisotopic (exact) mass is 340 g/mol. The van der Waals surface area contributed by atoms with E-state index in [1.165, 1.54) is 30.5 Å². The van der Waals surface area contributed by atoms with Crippen LogP contribution >= 0.6 is 0 Å². The van der Waals surface area contributed by atoms with Crippen LogP contribution in [-0.2, 0) is 4.84 Å². The number of benzene rings is 1. The molecule has 0 N–H and O–H groups in total. The zero-order chi connectivity index (χ0) is 18.2. The zero-order valence-corrected chi connectivity index (χ0v) is 14.0. The van der Waals surface area contributed by atoms with Crippen molar-refractivity contribution in [2.75, 3.05) is 0 Å². The van der Waals surface area contributed by atoms with Crippen molar-refractivity contribution in [1.82, 2.24) is 10.0 Å². The second-order valence-electron chi connectivity index (χ2n) is 6.43. The number of fused-ring (bicyclic) bond motifs is 1. The summed E-state index contributed by atoms with van der Waals surface area (Å²) >= 11 is 0. The van der Waals surface area contributed by atoms with Gasteiger partial charge in [0.25, 0.3) is 11.8 Å². The first kappa shape index (κ1) is 16.6. The maximum Gasteiger partial charge on any atom is 0.365 e. The molecule has 2 amide bonds. The van der Waals surface area contributed by atoms with E-state index in [4.69, 9.17) is 9.57 Å². The number of rotatable bonds is 3. The number of hydrogen-bond acceptors (Lipinski definition) is 6. The molecule has 0 radical (unpaired) electrons. The maximum absolute atomic E-state index is 12.2. The van der Waals surface area contributed by atoms with Crippen LogP contribution in [0.1, 0.15) is 51.8 Å². The Kier molecular flexibility index (Phi) is 4.00. The fourth-order valence-corrected chi connectivity index (χ4v) is 2.26. The molecule has 7 heteroatoms. The van der Waals surface area contributed by atoms with Gasteiger partial charge in [0.15, 0.2) is 0 Å². The number of pyridine rings is 1. The number of aromatic nitrogens is 1. The summed E-state index contributed by atoms with van der Waals surface area (Å²) in [4.78, 5) is 45.5. The Balaban J connectivity index is 1.73. The highest BCUT2D eigenvalue weighted by Crippen LogP contribution is 2.23. The Labute approximate surface area is 144 Å². The molecule has 0 aliphatic carbocycles. The molecule has 1 aromatic carbocycles. The third kappa shape index (κ3) is 3.35. The van der Waals surface area contributed by atoms with Gasteiger partial charge in [-0.2, -0.15) is 0 Å². The van der Waals surface area contributed by atoms with Crippen molar-refractivity contribution in [3.63, 3.8) is 0 Å². The highest BCUT2D eigenvalue weighted by Gasteiger charge is 2.38. The van der Waals surface area contributed by atoms with Crippen LogP contribution in [0.3, 0.4) is 0 Å². The van der Waals surface area contributed by atoms with Crippen molar-refractivity contribution in [2.24, 2.45) is 0 Å². The van der Waals surface area contributed by atoms with E-state index in [-0.39, 0.29) is 16.7 Å². The van der Waals surface area contributed by atoms with E-state index in [1.807, 2.05) is 20.8 Å². The summed E-state index contributed by atoms with van der Waals surface area (Å²) in [5.41, 5.74) is 0.0763. The molecule has 128 valence electrons. The van der Waals surface area contributed by atoms with Crippen LogP contribution in [0.25, 0.3) is 0 Å². The summed E-state index contributed by atoms with van der Waals surface area (Å²) in [5.74, 6) is -1.85. The highest BCUT2D eigenvalue weighted by molar-refractivity contribution is 6.21. The average molecular weight is 340 g/mol. The lowest BCUT2D eigenvalue weighted by atomic mass is 10.1. The molecule has 0 bridgehead atoms. The van der Waals surface area contributed by atoms with Crippen LogP contribution in [-0.4, -0.2) is 33.4 Å². The Morgan fingerprint density at radius 2 is 1.60 bits per heavy atom. The van der Waals surface area contributed by atoms with Gasteiger partial charge in [-0.25, -0.2) is 9.78 Å². The molecule has 0 saturated carbocycles. The van der Waals surface area contributed by atoms with Gasteiger partial charge in [-0.3, -0.25) is 9.59 Å². The van der Waals surface area contributed by atoms with Gasteiger partial charge in [-0.1, -0.05) is 17.2 Å². The summed E-state index contributed by atoms with van der Waals surface area (Å²) < 4.78 is 5.56. The van der Waals surface area contributed by atoms with E-state index < -0.39 is 23.4 Å². The van der Waals surface area contributed by atoms with Gasteiger partial charge < -0.3 is 9.57 Å². The molecule has 2 aromatic rings. The third-order valence-electron chi connectivity index (χ3n) is 3.31. The highest BCUT2D eigenvalue weighted by atomic mass is 16.7. The number of amides is 2. The van der Waals surface area contributed by atoms with Crippen LogP contribution in [0.2, 0.25) is 0 Å². The van der Waals surface area contributed by atoms with Gasteiger partial charge in [0.1, 0.15) is 5.60 Å². The van der Waals surface area contributed by atoms with Gasteiger partial charge in [-0.15, -0.1) is 0 Å². The van der Waals surface area contributed by atoms with Crippen LogP contribution in [0.15, 0.2) is 42.6 Å². The standard InChI is InChI=1S/C18H16N2O5/c1-18(2,3)24-14-9-8-11(10-19-14)17(23)25-20-15(21)12-6-4-5-7-13(12)16(20)22/h4-10H,1-3H3. The third-order valence-corrected chi connectivity index (χ3v) is 3.31. The van der Waals surface area contributed by atoms with E-state index in [9.17, 15) is 14.4 Å². The lowest BCUT2D eigenvalue weighted by Gasteiger charge is -2.20. The topological polar surface area (TPSA) is 85.8 Å². The van der Waals surface area contributed by atoms with Gasteiger partial charge in [0.2, 0.25) is 5.88 Å². The molecule has 0 saturated heterocycles. The number of imide groups is 1. The van der Waals surface area contributed by atoms with E-state index in [2.05, 4.69) is 4.98 Å². The first-order valence-corrected chi connectivity index (χ1v) is 7.61. The van der Waals surface area contributed by atoms with Crippen LogP contribution in [0, 0.1) is 0 Å². The van der Waals surface area contributed by atoms with Crippen LogP contribution < -0.4 is 4.74 Å². The molecular formula is C18H16N2O5. The fraction of sp³-hybridized carbons (Fsp3) is 0.222. The van der Waals surface area contributed by atoms with Crippen molar-refractivity contribution in [2.45, 2.75) is 26.4 Å². The van der Waals surface area contributed by atoms with Crippen molar-refractivity contribution in [3.05, 3.63) is 59.3 Å². The Hall–Kier alpha value is -3.22. The number of hydroxylamine groups is 2. The molecule has 3 rings (SSSR count). The Morgan fingerprint density at radius 1 is 1.00 bits per heavy atom. The Morgan fingerprint density at radius 3 is 2.08 bits per heavy atom. The number of carbonyl (C=O) groups excluding carboxylic acids is 3. The van der Waals surface area contributed by atoms with Gasteiger partial charge >= 0.3 is 5.97 Å². The summed E-state index contributed by atoms with van der Waals surface area (Å²) in [6.45, 7) is 5.62. The predicted molar refractivity (Wildman–Crippen MR) is 87.0 cm³/mol. The fourth-order valence-electron chi connectivity index (χ4n) is 2.26. The lowest BCUT2D eigenvalue weighted by Crippen LogP contribution is -2.32. The number of nitrogens with zero attached hydrogens (tertiary/aromatic N) is 2. The van der Waals surface area contributed by atoms with Crippen molar-refractivity contribution in [1.29, 1.82) is 0 Å². The zero-order valence-electron chi connectivity index (χ0n) is 14.0. The quantitative estimate of drug-likeness (QED) is 0.799. The average Bonchev–Trinajstić information content (AvgIpc) is 2.79. The molecule has 0 spiro atoms. The van der Waals surface area contributed by atoms with Crippen molar-refractivity contribution in [3.8, 4) is 5.88 Å². The molecule has 1 aliphatic heterocycles. The van der Waals surface area contributed by atoms with Crippen molar-refractivity contribution >= 4 is 17.8 Å². The number of carbonyl (C=O) groups is 3. The van der Waals surface area contributed by atoms with Crippen molar-refractivity contribution < 1.29 is 24.0 Å². The minimum atomic E-state index is -0.857. The van der Waals surface area contributed by atoms with Crippen LogP contribution in [0.5, 0.6) is 5.88 Å². The Bertz CT molecular complexity index is 818. The summed E-state index contributed by atoms with van der Waals surface area (Å²) in [6.07, 6.45) is 1.27. The van der Waals surface area contributed by atoms with E-state index in [0.717, 1.165) is 0 Å². The summed E-state index contributed by atoms with van der Waals surface area (Å²) in [5, 5.41) is 0.465. The molecular weight excluding hydrogens is 324 g/mol. The lowest BCUT2D eigenvalue weighted by molar-refractivity contribution is -0.0585. The minimum Gasteiger partial charge on any atom is -0.472 e. The SMILES string of the molecule is CC(C)(C)Oc1ccc(C(=O)ON2C(=O)c3ccccc3C2=O)cn1. The molecule has 1 aromatic heterocycles. The molecule has 25 heavy (non-hydrogen) atoms. The smallest absolute Gasteiger partial charge is 0.365 e. The first-order valence-electron chi connectivity index (χ1n) is 7.61.